The van der Waals surface area contributed by atoms with Gasteiger partial charge in [-0.05, 0) is 29.9 Å². The van der Waals surface area contributed by atoms with Crippen molar-refractivity contribution in [1.29, 1.82) is 0 Å². The van der Waals surface area contributed by atoms with Gasteiger partial charge >= 0.3 is 6.14 Å². The lowest BCUT2D eigenvalue weighted by molar-refractivity contribution is 0.354. The van der Waals surface area contributed by atoms with Crippen molar-refractivity contribution in [2.45, 2.75) is 46.5 Å². The van der Waals surface area contributed by atoms with Crippen molar-refractivity contribution in [2.75, 3.05) is 0 Å². The summed E-state index contributed by atoms with van der Waals surface area (Å²) in [7, 11) is 0. The summed E-state index contributed by atoms with van der Waals surface area (Å²) in [5, 5.41) is 8.71. The summed E-state index contributed by atoms with van der Waals surface area (Å²) in [5.41, 5.74) is 4.70. The number of nitrogens with zero attached hydrogens (tertiary/aromatic N) is 5. The molecule has 4 aromatic rings. The van der Waals surface area contributed by atoms with Crippen LogP contribution in [0.2, 0.25) is 0 Å². The lowest BCUT2D eigenvalue weighted by Crippen LogP contribution is -2.10. The summed E-state index contributed by atoms with van der Waals surface area (Å²) in [6.45, 7) is 10.6. The first-order chi connectivity index (χ1) is 13.4. The minimum atomic E-state index is -0.891. The summed E-state index contributed by atoms with van der Waals surface area (Å²) in [6, 6.07) is 6.34. The number of fused-ring (bicyclic) bond motifs is 1. The van der Waals surface area contributed by atoms with Gasteiger partial charge < -0.3 is 4.42 Å². The second-order valence-electron chi connectivity index (χ2n) is 7.50. The molecular formula is C21H22FN5O. The highest BCUT2D eigenvalue weighted by atomic mass is 19.1. The Balaban J connectivity index is 2.06. The molecule has 0 bridgehead atoms. The molecule has 0 saturated carbocycles. The van der Waals surface area contributed by atoms with E-state index in [-0.39, 0.29) is 5.58 Å². The molecule has 28 heavy (non-hydrogen) atoms. The second-order valence-corrected chi connectivity index (χ2v) is 7.50. The van der Waals surface area contributed by atoms with E-state index in [1.54, 1.807) is 6.20 Å². The van der Waals surface area contributed by atoms with Crippen LogP contribution in [0.3, 0.4) is 0 Å². The summed E-state index contributed by atoms with van der Waals surface area (Å²) in [5.74, 6) is 1.92. The van der Waals surface area contributed by atoms with Crippen LogP contribution in [0.4, 0.5) is 4.39 Å². The van der Waals surface area contributed by atoms with Crippen LogP contribution in [0, 0.1) is 13.1 Å². The van der Waals surface area contributed by atoms with Crippen LogP contribution in [0.25, 0.3) is 28.2 Å². The summed E-state index contributed by atoms with van der Waals surface area (Å²) in [4.78, 5) is 8.07. The minimum absolute atomic E-state index is 0.281. The van der Waals surface area contributed by atoms with Crippen molar-refractivity contribution in [3.63, 3.8) is 0 Å². The first kappa shape index (κ1) is 18.3. The van der Waals surface area contributed by atoms with Crippen LogP contribution < -0.4 is 0 Å². The standard InChI is InChI=1S/C21H22FN5O/c1-11(2)14-7-6-8-15(12(3)4)19(14)27-13(5)25-26-20(27)16-9-23-10-17-18(16)24-21(22)28-17/h6-12H,1-5H3. The third kappa shape index (κ3) is 2.87. The van der Waals surface area contributed by atoms with E-state index in [2.05, 4.69) is 66.1 Å². The van der Waals surface area contributed by atoms with Crippen molar-refractivity contribution in [3.8, 4) is 17.1 Å². The molecule has 144 valence electrons. The van der Waals surface area contributed by atoms with Crippen molar-refractivity contribution in [1.82, 2.24) is 24.7 Å². The molecule has 3 aromatic heterocycles. The summed E-state index contributed by atoms with van der Waals surface area (Å²) < 4.78 is 20.7. The molecule has 4 rings (SSSR count). The molecule has 0 unspecified atom stereocenters. The molecule has 0 spiro atoms. The SMILES string of the molecule is Cc1nnc(-c2cncc3oc(F)nc23)n1-c1c(C(C)C)cccc1C(C)C. The van der Waals surface area contributed by atoms with E-state index in [1.807, 2.05) is 11.5 Å². The average molecular weight is 379 g/mol. The molecule has 1 aromatic carbocycles. The molecule has 0 saturated heterocycles. The predicted molar refractivity (Wildman–Crippen MR) is 105 cm³/mol. The minimum Gasteiger partial charge on any atom is -0.413 e. The molecule has 0 atom stereocenters. The first-order valence-corrected chi connectivity index (χ1v) is 9.34. The smallest absolute Gasteiger partial charge is 0.382 e. The molecule has 0 amide bonds. The molecule has 0 radical (unpaired) electrons. The monoisotopic (exact) mass is 379 g/mol. The quantitative estimate of drug-likeness (QED) is 0.489. The fourth-order valence-corrected chi connectivity index (χ4v) is 3.56. The van der Waals surface area contributed by atoms with Crippen molar-refractivity contribution in [3.05, 3.63) is 53.7 Å². The van der Waals surface area contributed by atoms with Crippen LogP contribution in [0.5, 0.6) is 0 Å². The highest BCUT2D eigenvalue weighted by Crippen LogP contribution is 2.35. The zero-order valence-corrected chi connectivity index (χ0v) is 16.6. The number of benzene rings is 1. The Hall–Kier alpha value is -3.09. The molecular weight excluding hydrogens is 357 g/mol. The van der Waals surface area contributed by atoms with Crippen LogP contribution in [-0.2, 0) is 0 Å². The lowest BCUT2D eigenvalue weighted by Gasteiger charge is -2.22. The van der Waals surface area contributed by atoms with Gasteiger partial charge in [0.2, 0.25) is 0 Å². The van der Waals surface area contributed by atoms with Crippen LogP contribution in [0.15, 0.2) is 35.0 Å². The Labute approximate surface area is 162 Å². The van der Waals surface area contributed by atoms with E-state index in [0.717, 1.165) is 11.5 Å². The maximum Gasteiger partial charge on any atom is 0.382 e. The topological polar surface area (TPSA) is 69.6 Å². The highest BCUT2D eigenvalue weighted by Gasteiger charge is 2.23. The van der Waals surface area contributed by atoms with Crippen molar-refractivity contribution >= 4 is 11.1 Å². The van der Waals surface area contributed by atoms with Gasteiger partial charge in [0.15, 0.2) is 11.4 Å². The molecule has 0 N–H and O–H groups in total. The largest absolute Gasteiger partial charge is 0.413 e. The predicted octanol–water partition coefficient (Wildman–Crippen LogP) is 5.16. The Morgan fingerprint density at radius 1 is 1.00 bits per heavy atom. The maximum atomic E-state index is 13.6. The molecule has 3 heterocycles. The third-order valence-electron chi connectivity index (χ3n) is 4.91. The Morgan fingerprint density at radius 3 is 2.32 bits per heavy atom. The van der Waals surface area contributed by atoms with E-state index < -0.39 is 6.14 Å². The third-order valence-corrected chi connectivity index (χ3v) is 4.91. The number of hydrogen-bond donors (Lipinski definition) is 0. The number of rotatable bonds is 4. The van der Waals surface area contributed by atoms with Gasteiger partial charge in [0.05, 0.1) is 17.4 Å². The number of para-hydroxylation sites is 1. The van der Waals surface area contributed by atoms with Gasteiger partial charge in [-0.25, -0.2) is 0 Å². The van der Waals surface area contributed by atoms with E-state index in [1.165, 1.54) is 17.3 Å². The zero-order valence-electron chi connectivity index (χ0n) is 16.6. The maximum absolute atomic E-state index is 13.6. The zero-order chi connectivity index (χ0) is 20.0. The van der Waals surface area contributed by atoms with Gasteiger partial charge in [0.1, 0.15) is 11.3 Å². The molecule has 0 aliphatic carbocycles. The number of hydrogen-bond acceptors (Lipinski definition) is 5. The number of pyridine rings is 1. The van der Waals surface area contributed by atoms with Gasteiger partial charge in [0, 0.05) is 6.20 Å². The number of halogens is 1. The fourth-order valence-electron chi connectivity index (χ4n) is 3.56. The Kier molecular flexibility index (Phi) is 4.45. The molecule has 0 aliphatic rings. The van der Waals surface area contributed by atoms with Crippen LogP contribution >= 0.6 is 0 Å². The van der Waals surface area contributed by atoms with Gasteiger partial charge in [0.25, 0.3) is 0 Å². The van der Waals surface area contributed by atoms with Crippen molar-refractivity contribution < 1.29 is 8.81 Å². The first-order valence-electron chi connectivity index (χ1n) is 9.34. The summed E-state index contributed by atoms with van der Waals surface area (Å²) in [6.07, 6.45) is 2.18. The van der Waals surface area contributed by atoms with Gasteiger partial charge in [-0.3, -0.25) is 9.55 Å². The number of oxazole rings is 1. The molecule has 6 nitrogen and oxygen atoms in total. The number of aromatic nitrogens is 5. The highest BCUT2D eigenvalue weighted by molar-refractivity contribution is 5.88. The van der Waals surface area contributed by atoms with Gasteiger partial charge in [-0.2, -0.15) is 4.98 Å². The van der Waals surface area contributed by atoms with E-state index in [4.69, 9.17) is 4.42 Å². The van der Waals surface area contributed by atoms with Crippen molar-refractivity contribution in [2.24, 2.45) is 0 Å². The van der Waals surface area contributed by atoms with Crippen LogP contribution in [-0.4, -0.2) is 24.7 Å². The average Bonchev–Trinajstić information content (AvgIpc) is 3.22. The lowest BCUT2D eigenvalue weighted by atomic mass is 9.92. The molecule has 0 fully saturated rings. The van der Waals surface area contributed by atoms with Gasteiger partial charge in [-0.15, -0.1) is 14.6 Å². The summed E-state index contributed by atoms with van der Waals surface area (Å²) >= 11 is 0. The van der Waals surface area contributed by atoms with Gasteiger partial charge in [-0.1, -0.05) is 45.9 Å². The van der Waals surface area contributed by atoms with Crippen LogP contribution in [0.1, 0.15) is 56.5 Å². The van der Waals surface area contributed by atoms with E-state index >= 15 is 0 Å². The van der Waals surface area contributed by atoms with E-state index in [0.29, 0.717) is 28.7 Å². The normalized spacial score (nSPS) is 11.9. The second kappa shape index (κ2) is 6.82. The van der Waals surface area contributed by atoms with E-state index in [9.17, 15) is 4.39 Å². The number of aryl methyl sites for hydroxylation is 1. The molecule has 0 aliphatic heterocycles. The Bertz CT molecular complexity index is 1130. The fraction of sp³-hybridized carbons (Fsp3) is 0.333. The molecule has 7 heteroatoms. The Morgan fingerprint density at radius 2 is 1.68 bits per heavy atom.